The molecular weight excluding hydrogens is 238 g/mol. The van der Waals surface area contributed by atoms with E-state index in [0.717, 1.165) is 23.7 Å². The third kappa shape index (κ3) is 2.35. The molecule has 0 spiro atoms. The first-order chi connectivity index (χ1) is 9.15. The van der Waals surface area contributed by atoms with Crippen molar-refractivity contribution in [2.45, 2.75) is 52.1 Å². The van der Waals surface area contributed by atoms with E-state index in [4.69, 9.17) is 8.83 Å². The molecule has 1 aliphatic rings. The average molecular weight is 259 g/mol. The van der Waals surface area contributed by atoms with E-state index in [1.807, 2.05) is 20.1 Å². The van der Waals surface area contributed by atoms with Gasteiger partial charge in [-0.15, -0.1) is 0 Å². The number of hydrogen-bond donors (Lipinski definition) is 1. The number of nitrogens with one attached hydrogen (secondary N) is 1. The number of furan rings is 2. The van der Waals surface area contributed by atoms with Gasteiger partial charge in [0.1, 0.15) is 17.3 Å². The van der Waals surface area contributed by atoms with Crippen LogP contribution in [0.5, 0.6) is 0 Å². The lowest BCUT2D eigenvalue weighted by atomic mass is 9.92. The highest BCUT2D eigenvalue weighted by Gasteiger charge is 2.25. The molecule has 102 valence electrons. The van der Waals surface area contributed by atoms with Crippen LogP contribution in [-0.2, 0) is 6.42 Å². The minimum absolute atomic E-state index is 0.295. The fraction of sp³-hybridized carbons (Fsp3) is 0.500. The largest absolute Gasteiger partial charge is 0.469 e. The normalized spacial score (nSPS) is 20.3. The average Bonchev–Trinajstić information content (AvgIpc) is 2.96. The number of rotatable bonds is 3. The Morgan fingerprint density at radius 3 is 2.95 bits per heavy atom. The Bertz CT molecular complexity index is 567. The summed E-state index contributed by atoms with van der Waals surface area (Å²) in [6.07, 6.45) is 5.24. The van der Waals surface area contributed by atoms with E-state index >= 15 is 0 Å². The molecule has 1 N–H and O–H groups in total. The van der Waals surface area contributed by atoms with Crippen LogP contribution in [0.4, 0.5) is 0 Å². The topological polar surface area (TPSA) is 38.3 Å². The Kier molecular flexibility index (Phi) is 3.23. The smallest absolute Gasteiger partial charge is 0.108 e. The lowest BCUT2D eigenvalue weighted by Crippen LogP contribution is -2.27. The van der Waals surface area contributed by atoms with Gasteiger partial charge < -0.3 is 14.2 Å². The predicted octanol–water partition coefficient (Wildman–Crippen LogP) is 4.22. The highest BCUT2D eigenvalue weighted by atomic mass is 16.3. The fourth-order valence-corrected chi connectivity index (χ4v) is 3.13. The Morgan fingerprint density at radius 2 is 2.21 bits per heavy atom. The summed E-state index contributed by atoms with van der Waals surface area (Å²) >= 11 is 0. The van der Waals surface area contributed by atoms with Crippen molar-refractivity contribution in [3.8, 4) is 0 Å². The molecular formula is C16H21NO2. The molecule has 3 nitrogen and oxygen atoms in total. The number of hydrogen-bond acceptors (Lipinski definition) is 3. The van der Waals surface area contributed by atoms with Crippen molar-refractivity contribution in [3.05, 3.63) is 46.8 Å². The standard InChI is InChI=1S/C16H21NO2/c1-10-9-14(12(3)19-10)11(2)17-15-5-4-6-16-13(15)7-8-18-16/h7-9,11,15,17H,4-6H2,1-3H3. The minimum Gasteiger partial charge on any atom is -0.469 e. The highest BCUT2D eigenvalue weighted by Crippen LogP contribution is 2.33. The Hall–Kier alpha value is -1.48. The van der Waals surface area contributed by atoms with E-state index < -0.39 is 0 Å². The van der Waals surface area contributed by atoms with Crippen molar-refractivity contribution < 1.29 is 8.83 Å². The summed E-state index contributed by atoms with van der Waals surface area (Å²) < 4.78 is 11.2. The van der Waals surface area contributed by atoms with Gasteiger partial charge in [0.25, 0.3) is 0 Å². The van der Waals surface area contributed by atoms with E-state index in [-0.39, 0.29) is 0 Å². The maximum atomic E-state index is 5.62. The van der Waals surface area contributed by atoms with Gasteiger partial charge in [0.05, 0.1) is 6.26 Å². The number of fused-ring (bicyclic) bond motifs is 1. The van der Waals surface area contributed by atoms with Crippen molar-refractivity contribution in [2.75, 3.05) is 0 Å². The Labute approximate surface area is 114 Å². The lowest BCUT2D eigenvalue weighted by Gasteiger charge is -2.26. The van der Waals surface area contributed by atoms with Gasteiger partial charge in [-0.05, 0) is 45.7 Å². The third-order valence-corrected chi connectivity index (χ3v) is 4.05. The minimum atomic E-state index is 0.295. The molecule has 19 heavy (non-hydrogen) atoms. The van der Waals surface area contributed by atoms with Crippen LogP contribution in [0, 0.1) is 13.8 Å². The summed E-state index contributed by atoms with van der Waals surface area (Å²) in [5, 5.41) is 3.71. The van der Waals surface area contributed by atoms with Crippen LogP contribution in [0.3, 0.4) is 0 Å². The first kappa shape index (κ1) is 12.5. The summed E-state index contributed by atoms with van der Waals surface area (Å²) in [7, 11) is 0. The number of aryl methyl sites for hydroxylation is 3. The zero-order valence-corrected chi connectivity index (χ0v) is 11.8. The molecule has 0 bridgehead atoms. The second-order valence-electron chi connectivity index (χ2n) is 5.50. The maximum absolute atomic E-state index is 5.62. The van der Waals surface area contributed by atoms with Crippen molar-refractivity contribution in [1.82, 2.24) is 5.32 Å². The van der Waals surface area contributed by atoms with E-state index in [2.05, 4.69) is 24.4 Å². The zero-order chi connectivity index (χ0) is 13.4. The molecule has 1 aliphatic carbocycles. The molecule has 3 rings (SSSR count). The van der Waals surface area contributed by atoms with E-state index in [1.54, 1.807) is 0 Å². The molecule has 0 saturated heterocycles. The molecule has 0 aromatic carbocycles. The lowest BCUT2D eigenvalue weighted by molar-refractivity contribution is 0.383. The van der Waals surface area contributed by atoms with Crippen LogP contribution in [0.15, 0.2) is 27.2 Å². The van der Waals surface area contributed by atoms with Gasteiger partial charge in [-0.2, -0.15) is 0 Å². The summed E-state index contributed by atoms with van der Waals surface area (Å²) in [5.74, 6) is 3.14. The molecule has 3 heteroatoms. The molecule has 2 aromatic heterocycles. The van der Waals surface area contributed by atoms with Crippen LogP contribution >= 0.6 is 0 Å². The van der Waals surface area contributed by atoms with Crippen LogP contribution < -0.4 is 5.32 Å². The van der Waals surface area contributed by atoms with Gasteiger partial charge in [0.15, 0.2) is 0 Å². The van der Waals surface area contributed by atoms with E-state index in [9.17, 15) is 0 Å². The molecule has 2 atom stereocenters. The van der Waals surface area contributed by atoms with Gasteiger partial charge in [-0.25, -0.2) is 0 Å². The quantitative estimate of drug-likeness (QED) is 0.897. The molecule has 0 saturated carbocycles. The van der Waals surface area contributed by atoms with Crippen LogP contribution in [0.1, 0.15) is 60.3 Å². The Balaban J connectivity index is 1.78. The molecule has 2 aromatic rings. The van der Waals surface area contributed by atoms with Gasteiger partial charge in [-0.3, -0.25) is 0 Å². The highest BCUT2D eigenvalue weighted by molar-refractivity contribution is 5.27. The monoisotopic (exact) mass is 259 g/mol. The maximum Gasteiger partial charge on any atom is 0.108 e. The molecule has 2 unspecified atom stereocenters. The first-order valence-electron chi connectivity index (χ1n) is 7.04. The Morgan fingerprint density at radius 1 is 1.37 bits per heavy atom. The van der Waals surface area contributed by atoms with Crippen molar-refractivity contribution >= 4 is 0 Å². The van der Waals surface area contributed by atoms with Crippen molar-refractivity contribution in [2.24, 2.45) is 0 Å². The summed E-state index contributed by atoms with van der Waals surface area (Å²) in [5.41, 5.74) is 2.59. The molecule has 0 amide bonds. The second kappa shape index (κ2) is 4.89. The second-order valence-corrected chi connectivity index (χ2v) is 5.50. The van der Waals surface area contributed by atoms with Gasteiger partial charge in [-0.1, -0.05) is 0 Å². The predicted molar refractivity (Wildman–Crippen MR) is 74.1 cm³/mol. The molecule has 0 aliphatic heterocycles. The third-order valence-electron chi connectivity index (χ3n) is 4.05. The van der Waals surface area contributed by atoms with Gasteiger partial charge in [0, 0.05) is 29.6 Å². The molecule has 0 radical (unpaired) electrons. The van der Waals surface area contributed by atoms with Crippen LogP contribution in [0.2, 0.25) is 0 Å². The van der Waals surface area contributed by atoms with E-state index in [0.29, 0.717) is 12.1 Å². The molecule has 0 fully saturated rings. The van der Waals surface area contributed by atoms with Crippen molar-refractivity contribution in [3.63, 3.8) is 0 Å². The van der Waals surface area contributed by atoms with Crippen LogP contribution in [0.25, 0.3) is 0 Å². The summed E-state index contributed by atoms with van der Waals surface area (Å²) in [6, 6.07) is 4.92. The SMILES string of the molecule is Cc1cc(C(C)NC2CCCc3occc32)c(C)o1. The van der Waals surface area contributed by atoms with Gasteiger partial charge in [0.2, 0.25) is 0 Å². The summed E-state index contributed by atoms with van der Waals surface area (Å²) in [4.78, 5) is 0. The van der Waals surface area contributed by atoms with Gasteiger partial charge >= 0.3 is 0 Å². The van der Waals surface area contributed by atoms with Crippen molar-refractivity contribution in [1.29, 1.82) is 0 Å². The molecule has 2 heterocycles. The van der Waals surface area contributed by atoms with Crippen LogP contribution in [-0.4, -0.2) is 0 Å². The fourth-order valence-electron chi connectivity index (χ4n) is 3.13. The first-order valence-corrected chi connectivity index (χ1v) is 7.04. The van der Waals surface area contributed by atoms with E-state index in [1.165, 1.54) is 24.0 Å². The summed E-state index contributed by atoms with van der Waals surface area (Å²) in [6.45, 7) is 6.23. The zero-order valence-electron chi connectivity index (χ0n) is 11.8.